The van der Waals surface area contributed by atoms with Crippen molar-refractivity contribution < 1.29 is 0 Å². The molecule has 0 amide bonds. The third-order valence-electron chi connectivity index (χ3n) is 6.89. The highest BCUT2D eigenvalue weighted by Crippen LogP contribution is 2.67. The van der Waals surface area contributed by atoms with E-state index in [-0.39, 0.29) is 0 Å². The van der Waals surface area contributed by atoms with E-state index in [0.717, 1.165) is 18.4 Å². The summed E-state index contributed by atoms with van der Waals surface area (Å²) in [6.45, 7) is 3.27. The Labute approximate surface area is 122 Å². The summed E-state index contributed by atoms with van der Waals surface area (Å²) >= 11 is 0. The summed E-state index contributed by atoms with van der Waals surface area (Å²) in [5, 5.41) is 0. The number of rotatable bonds is 3. The van der Waals surface area contributed by atoms with Gasteiger partial charge in [-0.25, -0.2) is 0 Å². The lowest BCUT2D eigenvalue weighted by Gasteiger charge is -2.64. The highest BCUT2D eigenvalue weighted by molar-refractivity contribution is 5.30. The monoisotopic (exact) mass is 269 g/mol. The van der Waals surface area contributed by atoms with E-state index in [4.69, 9.17) is 5.73 Å². The molecular formula is C19H27N. The molecule has 4 aliphatic carbocycles. The normalized spacial score (nSPS) is 43.7. The molecule has 0 spiro atoms. The fraction of sp³-hybridized carbons (Fsp3) is 0.684. The van der Waals surface area contributed by atoms with Crippen LogP contribution in [0.4, 0.5) is 0 Å². The molecule has 1 nitrogen and oxygen atoms in total. The van der Waals surface area contributed by atoms with Crippen LogP contribution in [0.2, 0.25) is 0 Å². The van der Waals surface area contributed by atoms with Crippen LogP contribution in [0.1, 0.15) is 51.0 Å². The average molecular weight is 269 g/mol. The van der Waals surface area contributed by atoms with Crippen molar-refractivity contribution in [3.63, 3.8) is 0 Å². The van der Waals surface area contributed by atoms with E-state index >= 15 is 0 Å². The van der Waals surface area contributed by atoms with Gasteiger partial charge in [-0.15, -0.1) is 0 Å². The molecule has 1 aromatic carbocycles. The van der Waals surface area contributed by atoms with Crippen LogP contribution < -0.4 is 5.73 Å². The van der Waals surface area contributed by atoms with Gasteiger partial charge < -0.3 is 5.73 Å². The first-order chi connectivity index (χ1) is 9.66. The number of hydrogen-bond donors (Lipinski definition) is 1. The van der Waals surface area contributed by atoms with Crippen LogP contribution >= 0.6 is 0 Å². The number of nitrogens with two attached hydrogens (primary N) is 1. The van der Waals surface area contributed by atoms with Crippen LogP contribution in [-0.4, -0.2) is 6.54 Å². The Balaban J connectivity index is 1.76. The van der Waals surface area contributed by atoms with Gasteiger partial charge in [-0.1, -0.05) is 37.3 Å². The molecule has 4 aliphatic rings. The minimum Gasteiger partial charge on any atom is -0.330 e. The second-order valence-corrected chi connectivity index (χ2v) is 8.11. The number of hydrogen-bond acceptors (Lipinski definition) is 1. The standard InChI is InChI=1S/C19H27N/c1-14(12-20)18-8-15-7-16(9-18)11-19(10-15,13-18)17-5-3-2-4-6-17/h2-6,14-16H,7-13,20H2,1H3. The van der Waals surface area contributed by atoms with Crippen molar-refractivity contribution in [3.05, 3.63) is 35.9 Å². The van der Waals surface area contributed by atoms with E-state index in [2.05, 4.69) is 37.3 Å². The number of benzene rings is 1. The van der Waals surface area contributed by atoms with E-state index in [1.165, 1.54) is 38.5 Å². The Bertz CT molecular complexity index is 478. The van der Waals surface area contributed by atoms with Gasteiger partial charge in [0.2, 0.25) is 0 Å². The second-order valence-electron chi connectivity index (χ2n) is 8.11. The Morgan fingerprint density at radius 2 is 1.75 bits per heavy atom. The first-order valence-electron chi connectivity index (χ1n) is 8.41. The van der Waals surface area contributed by atoms with E-state index in [0.29, 0.717) is 16.7 Å². The van der Waals surface area contributed by atoms with Crippen molar-refractivity contribution in [2.75, 3.05) is 6.54 Å². The predicted molar refractivity (Wildman–Crippen MR) is 83.5 cm³/mol. The van der Waals surface area contributed by atoms with Gasteiger partial charge in [0.15, 0.2) is 0 Å². The molecule has 108 valence electrons. The van der Waals surface area contributed by atoms with Crippen LogP contribution in [0.5, 0.6) is 0 Å². The zero-order valence-electron chi connectivity index (χ0n) is 12.6. The third kappa shape index (κ3) is 1.72. The molecule has 5 rings (SSSR count). The van der Waals surface area contributed by atoms with E-state index in [1.54, 1.807) is 5.56 Å². The van der Waals surface area contributed by atoms with Crippen LogP contribution in [-0.2, 0) is 5.41 Å². The minimum absolute atomic E-state index is 0.481. The Hall–Kier alpha value is -0.820. The largest absolute Gasteiger partial charge is 0.330 e. The molecule has 0 radical (unpaired) electrons. The fourth-order valence-corrected chi connectivity index (χ4v) is 6.29. The first kappa shape index (κ1) is 12.9. The van der Waals surface area contributed by atoms with Gasteiger partial charge in [-0.3, -0.25) is 0 Å². The van der Waals surface area contributed by atoms with Crippen molar-refractivity contribution in [2.45, 2.75) is 50.9 Å². The highest BCUT2D eigenvalue weighted by atomic mass is 14.7. The summed E-state index contributed by atoms with van der Waals surface area (Å²) in [6, 6.07) is 11.4. The van der Waals surface area contributed by atoms with E-state index in [1.807, 2.05) is 0 Å². The lowest BCUT2D eigenvalue weighted by molar-refractivity contribution is -0.0978. The average Bonchev–Trinajstić information content (AvgIpc) is 2.46. The molecule has 0 aliphatic heterocycles. The van der Waals surface area contributed by atoms with Crippen LogP contribution in [0, 0.1) is 23.2 Å². The summed E-state index contributed by atoms with van der Waals surface area (Å²) in [5.41, 5.74) is 8.72. The molecule has 3 unspecified atom stereocenters. The highest BCUT2D eigenvalue weighted by Gasteiger charge is 2.59. The smallest absolute Gasteiger partial charge is 0.00363 e. The van der Waals surface area contributed by atoms with Crippen molar-refractivity contribution in [3.8, 4) is 0 Å². The molecule has 4 saturated carbocycles. The van der Waals surface area contributed by atoms with E-state index < -0.39 is 0 Å². The Kier molecular flexibility index (Phi) is 2.79. The zero-order valence-corrected chi connectivity index (χ0v) is 12.6. The predicted octanol–water partition coefficient (Wildman–Crippen LogP) is 4.12. The summed E-state index contributed by atoms with van der Waals surface area (Å²) in [7, 11) is 0. The van der Waals surface area contributed by atoms with Crippen molar-refractivity contribution >= 4 is 0 Å². The fourth-order valence-electron chi connectivity index (χ4n) is 6.29. The quantitative estimate of drug-likeness (QED) is 0.877. The van der Waals surface area contributed by atoms with Gasteiger partial charge in [0.05, 0.1) is 0 Å². The molecule has 20 heavy (non-hydrogen) atoms. The summed E-state index contributed by atoms with van der Waals surface area (Å²) in [5.74, 6) is 2.62. The van der Waals surface area contributed by atoms with Crippen LogP contribution in [0.25, 0.3) is 0 Å². The lowest BCUT2D eigenvalue weighted by atomic mass is 9.41. The summed E-state index contributed by atoms with van der Waals surface area (Å²) in [6.07, 6.45) is 8.68. The van der Waals surface area contributed by atoms with Gasteiger partial charge >= 0.3 is 0 Å². The molecule has 4 bridgehead atoms. The maximum atomic E-state index is 6.08. The molecule has 2 N–H and O–H groups in total. The molecule has 3 atom stereocenters. The molecule has 1 aromatic rings. The maximum Gasteiger partial charge on any atom is -0.00363 e. The van der Waals surface area contributed by atoms with Crippen LogP contribution in [0.15, 0.2) is 30.3 Å². The second kappa shape index (κ2) is 4.34. The molecular weight excluding hydrogens is 242 g/mol. The topological polar surface area (TPSA) is 26.0 Å². The van der Waals surface area contributed by atoms with Gasteiger partial charge in [-0.05, 0) is 79.2 Å². The van der Waals surface area contributed by atoms with Crippen LogP contribution in [0.3, 0.4) is 0 Å². The minimum atomic E-state index is 0.481. The molecule has 0 saturated heterocycles. The van der Waals surface area contributed by atoms with Crippen molar-refractivity contribution in [1.82, 2.24) is 0 Å². The molecule has 1 heteroatoms. The van der Waals surface area contributed by atoms with Gasteiger partial charge in [-0.2, -0.15) is 0 Å². The molecule has 0 aromatic heterocycles. The third-order valence-corrected chi connectivity index (χ3v) is 6.89. The zero-order chi connectivity index (χ0) is 13.8. The first-order valence-corrected chi connectivity index (χ1v) is 8.41. The summed E-state index contributed by atoms with van der Waals surface area (Å²) in [4.78, 5) is 0. The van der Waals surface area contributed by atoms with Crippen molar-refractivity contribution in [2.24, 2.45) is 28.9 Å². The van der Waals surface area contributed by atoms with E-state index in [9.17, 15) is 0 Å². The SMILES string of the molecule is CC(CN)C12CC3CC(CC(c4ccccc4)(C3)C1)C2. The maximum absolute atomic E-state index is 6.08. The Morgan fingerprint density at radius 1 is 1.10 bits per heavy atom. The van der Waals surface area contributed by atoms with Gasteiger partial charge in [0, 0.05) is 0 Å². The Morgan fingerprint density at radius 3 is 2.35 bits per heavy atom. The van der Waals surface area contributed by atoms with Gasteiger partial charge in [0.25, 0.3) is 0 Å². The summed E-state index contributed by atoms with van der Waals surface area (Å²) < 4.78 is 0. The van der Waals surface area contributed by atoms with Crippen molar-refractivity contribution in [1.29, 1.82) is 0 Å². The molecule has 4 fully saturated rings. The van der Waals surface area contributed by atoms with Gasteiger partial charge in [0.1, 0.15) is 0 Å². The molecule has 0 heterocycles. The lowest BCUT2D eigenvalue weighted by Crippen LogP contribution is -2.56.